The van der Waals surface area contributed by atoms with Gasteiger partial charge < -0.3 is 15.8 Å². The molecule has 0 amide bonds. The Morgan fingerprint density at radius 3 is 2.50 bits per heavy atom. The molecule has 12 heteroatoms. The predicted octanol–water partition coefficient (Wildman–Crippen LogP) is 5.60. The first kappa shape index (κ1) is 29.9. The van der Waals surface area contributed by atoms with Crippen molar-refractivity contribution in [2.45, 2.75) is 62.4 Å². The van der Waals surface area contributed by atoms with E-state index in [1.807, 2.05) is 24.7 Å². The highest BCUT2D eigenvalue weighted by Crippen LogP contribution is 2.42. The van der Waals surface area contributed by atoms with Crippen molar-refractivity contribution >= 4 is 32.4 Å². The summed E-state index contributed by atoms with van der Waals surface area (Å²) in [6.07, 6.45) is 5.79. The predicted molar refractivity (Wildman–Crippen MR) is 160 cm³/mol. The van der Waals surface area contributed by atoms with Crippen molar-refractivity contribution in [2.75, 3.05) is 30.7 Å². The summed E-state index contributed by atoms with van der Waals surface area (Å²) in [7, 11) is -2.57. The molecule has 1 aliphatic rings. The fourth-order valence-electron chi connectivity index (χ4n) is 5.70. The number of methoxy groups -OCH3 is 1. The molecule has 9 nitrogen and oxygen atoms in total. The lowest BCUT2D eigenvalue weighted by Gasteiger charge is -2.30. The molecule has 5 rings (SSSR count). The summed E-state index contributed by atoms with van der Waals surface area (Å²) in [4.78, 5) is 3.98. The van der Waals surface area contributed by atoms with Crippen molar-refractivity contribution in [3.05, 3.63) is 65.9 Å². The summed E-state index contributed by atoms with van der Waals surface area (Å²) < 4.78 is 64.5. The van der Waals surface area contributed by atoms with Gasteiger partial charge in [0.25, 0.3) is 10.0 Å². The van der Waals surface area contributed by atoms with Crippen LogP contribution < -0.4 is 15.8 Å². The molecule has 2 heterocycles. The van der Waals surface area contributed by atoms with E-state index in [0.29, 0.717) is 23.7 Å². The van der Waals surface area contributed by atoms with Crippen molar-refractivity contribution in [3.8, 4) is 11.3 Å². The van der Waals surface area contributed by atoms with Crippen LogP contribution in [0.15, 0.2) is 53.6 Å². The lowest BCUT2D eigenvalue weighted by atomic mass is 9.81. The number of rotatable bonds is 10. The van der Waals surface area contributed by atoms with Gasteiger partial charge in [0, 0.05) is 37.5 Å². The second kappa shape index (κ2) is 12.3. The Bertz CT molecular complexity index is 1680. The summed E-state index contributed by atoms with van der Waals surface area (Å²) in [6.45, 7) is 5.50. The zero-order valence-corrected chi connectivity index (χ0v) is 24.7. The van der Waals surface area contributed by atoms with Crippen molar-refractivity contribution in [3.63, 3.8) is 0 Å². The van der Waals surface area contributed by atoms with E-state index in [-0.39, 0.29) is 29.0 Å². The molecule has 2 aromatic carbocycles. The lowest BCUT2D eigenvalue weighted by Crippen LogP contribution is -2.34. The Balaban J connectivity index is 1.49. The average Bonchev–Trinajstić information content (AvgIpc) is 3.36. The summed E-state index contributed by atoms with van der Waals surface area (Å²) in [6, 6.07) is 9.31. The average molecular weight is 599 g/mol. The van der Waals surface area contributed by atoms with E-state index in [9.17, 15) is 12.8 Å². The van der Waals surface area contributed by atoms with Crippen LogP contribution in [-0.4, -0.2) is 49.5 Å². The maximum atomic E-state index is 15.7. The number of pyridine rings is 1. The minimum absolute atomic E-state index is 0.0382. The number of nitrogen functional groups attached to an aromatic ring is 1. The number of nitrogens with zero attached hydrogens (tertiary/aromatic N) is 3. The first-order valence-corrected chi connectivity index (χ1v) is 15.5. The van der Waals surface area contributed by atoms with Crippen LogP contribution in [0.3, 0.4) is 0 Å². The molecule has 0 atom stereocenters. The minimum Gasteiger partial charge on any atom is -0.383 e. The number of hydrogen-bond acceptors (Lipinski definition) is 7. The van der Waals surface area contributed by atoms with Crippen LogP contribution in [0.4, 0.5) is 20.3 Å². The summed E-state index contributed by atoms with van der Waals surface area (Å²) in [5.74, 6) is -1.11. The first-order valence-electron chi connectivity index (χ1n) is 14.1. The number of halogens is 2. The number of aromatic nitrogens is 3. The Labute approximate surface area is 244 Å². The van der Waals surface area contributed by atoms with Crippen LogP contribution in [0.5, 0.6) is 0 Å². The molecule has 4 aromatic rings. The second-order valence-corrected chi connectivity index (χ2v) is 12.6. The third-order valence-corrected chi connectivity index (χ3v) is 9.20. The molecular weight excluding hydrogens is 562 g/mol. The minimum atomic E-state index is -4.27. The van der Waals surface area contributed by atoms with Crippen LogP contribution in [0.2, 0.25) is 0 Å². The Morgan fingerprint density at radius 2 is 1.83 bits per heavy atom. The molecule has 1 aliphatic carbocycles. The zero-order valence-electron chi connectivity index (χ0n) is 23.9. The molecule has 0 unspecified atom stereocenters. The van der Waals surface area contributed by atoms with Crippen LogP contribution in [-0.2, 0) is 14.8 Å². The molecule has 1 saturated carbocycles. The maximum Gasteiger partial charge on any atom is 0.264 e. The molecule has 42 heavy (non-hydrogen) atoms. The van der Waals surface area contributed by atoms with Gasteiger partial charge in [-0.15, -0.1) is 0 Å². The topological polar surface area (TPSA) is 124 Å². The number of nitrogens with one attached hydrogen (secondary N) is 2. The molecule has 0 saturated heterocycles. The van der Waals surface area contributed by atoms with E-state index < -0.39 is 26.6 Å². The van der Waals surface area contributed by atoms with Gasteiger partial charge in [0.15, 0.2) is 0 Å². The first-order chi connectivity index (χ1) is 20.1. The van der Waals surface area contributed by atoms with Gasteiger partial charge in [-0.1, -0.05) is 12.1 Å². The number of hydrogen-bond donors (Lipinski definition) is 3. The molecule has 1 fully saturated rings. The van der Waals surface area contributed by atoms with E-state index in [4.69, 9.17) is 15.6 Å². The highest BCUT2D eigenvalue weighted by atomic mass is 32.2. The summed E-state index contributed by atoms with van der Waals surface area (Å²) in [5.41, 5.74) is 8.73. The zero-order chi connectivity index (χ0) is 30.0. The van der Waals surface area contributed by atoms with Gasteiger partial charge in [-0.3, -0.25) is 9.40 Å². The highest BCUT2D eigenvalue weighted by Gasteiger charge is 2.29. The largest absolute Gasteiger partial charge is 0.383 e. The number of fused-ring (bicyclic) bond motifs is 1. The van der Waals surface area contributed by atoms with Gasteiger partial charge in [-0.05, 0) is 81.3 Å². The lowest BCUT2D eigenvalue weighted by molar-refractivity contribution is 0.191. The molecule has 0 bridgehead atoms. The summed E-state index contributed by atoms with van der Waals surface area (Å²) >= 11 is 0. The fraction of sp³-hybridized carbons (Fsp3) is 0.400. The molecule has 2 aromatic heterocycles. The van der Waals surface area contributed by atoms with E-state index in [1.165, 1.54) is 24.3 Å². The second-order valence-electron chi connectivity index (χ2n) is 10.9. The van der Waals surface area contributed by atoms with E-state index in [1.54, 1.807) is 7.11 Å². The van der Waals surface area contributed by atoms with Crippen LogP contribution in [0.25, 0.3) is 22.2 Å². The normalized spacial score (nSPS) is 17.7. The van der Waals surface area contributed by atoms with E-state index in [2.05, 4.69) is 15.0 Å². The molecule has 0 radical (unpaired) electrons. The van der Waals surface area contributed by atoms with Crippen molar-refractivity contribution < 1.29 is 21.9 Å². The molecule has 0 spiro atoms. The van der Waals surface area contributed by atoms with Crippen LogP contribution in [0.1, 0.15) is 57.1 Å². The smallest absolute Gasteiger partial charge is 0.264 e. The Morgan fingerprint density at radius 1 is 1.10 bits per heavy atom. The summed E-state index contributed by atoms with van der Waals surface area (Å²) in [5, 5.41) is 8.93. The third kappa shape index (κ3) is 5.97. The number of nitrogens with two attached hydrogens (primary N) is 1. The quantitative estimate of drug-likeness (QED) is 0.203. The van der Waals surface area contributed by atoms with Crippen LogP contribution >= 0.6 is 0 Å². The monoisotopic (exact) mass is 598 g/mol. The fourth-order valence-corrected chi connectivity index (χ4v) is 6.83. The van der Waals surface area contributed by atoms with Crippen molar-refractivity contribution in [2.24, 2.45) is 0 Å². The third-order valence-electron chi connectivity index (χ3n) is 7.78. The van der Waals surface area contributed by atoms with Crippen LogP contribution in [0, 0.1) is 11.6 Å². The number of ether oxygens (including phenoxy) is 1. The van der Waals surface area contributed by atoms with E-state index in [0.717, 1.165) is 61.5 Å². The number of benzene rings is 2. The Kier molecular flexibility index (Phi) is 8.76. The van der Waals surface area contributed by atoms with E-state index >= 15 is 4.39 Å². The van der Waals surface area contributed by atoms with Gasteiger partial charge in [0.05, 0.1) is 23.2 Å². The van der Waals surface area contributed by atoms with Crippen molar-refractivity contribution in [1.82, 2.24) is 20.1 Å². The van der Waals surface area contributed by atoms with Gasteiger partial charge >= 0.3 is 0 Å². The number of anilines is 2. The molecular formula is C30H36F2N6O3S. The maximum absolute atomic E-state index is 15.7. The SMILES string of the molecule is COCCNC1CCC(c2cnc(N)c3c(-c4ccc(NS(=O)(=O)c5ccccc5F)cc4F)nn(C(C)C)c23)CC1. The standard InChI is InChI=1S/C30H36F2N6O3S/c1-18(2)38-29-23(19-8-10-20(11-9-19)34-14-15-41-3)17-35-30(33)27(29)28(36-38)22-13-12-21(16-25(22)32)37-42(39,40)26-7-5-4-6-24(26)31/h4-7,12-13,16-20,34,37H,8-11,14-15H2,1-3H3,(H2,33,35). The highest BCUT2D eigenvalue weighted by molar-refractivity contribution is 7.92. The van der Waals surface area contributed by atoms with Gasteiger partial charge in [-0.25, -0.2) is 22.2 Å². The Hall–Kier alpha value is -3.61. The molecule has 0 aliphatic heterocycles. The molecule has 4 N–H and O–H groups in total. The van der Waals surface area contributed by atoms with Crippen molar-refractivity contribution in [1.29, 1.82) is 0 Å². The van der Waals surface area contributed by atoms with Gasteiger partial charge in [-0.2, -0.15) is 5.10 Å². The number of sulfonamides is 1. The van der Waals surface area contributed by atoms with Gasteiger partial charge in [0.2, 0.25) is 0 Å². The van der Waals surface area contributed by atoms with Gasteiger partial charge in [0.1, 0.15) is 28.0 Å². The molecule has 224 valence electrons.